The number of carbonyl (C=O) groups excluding carboxylic acids is 1. The van der Waals surface area contributed by atoms with E-state index in [-0.39, 0.29) is 28.4 Å². The molecule has 118 valence electrons. The standard InChI is InChI=1S/C13H22N4O3S/c1-13(2,3)17-12(18)4-5-16-10-6-9(14)7-11(8-10)21(15,19)20/h6-8,16H,4-5,14H2,1-3H3,(H,17,18)(H2,15,19,20). The third-order valence-electron chi connectivity index (χ3n) is 2.45. The Morgan fingerprint density at radius 2 is 1.86 bits per heavy atom. The summed E-state index contributed by atoms with van der Waals surface area (Å²) in [6.07, 6.45) is 0.261. The van der Waals surface area contributed by atoms with E-state index in [1.165, 1.54) is 12.1 Å². The quantitative estimate of drug-likeness (QED) is 0.593. The lowest BCUT2D eigenvalue weighted by Gasteiger charge is -2.20. The molecule has 0 fully saturated rings. The third kappa shape index (κ3) is 6.46. The SMILES string of the molecule is CC(C)(C)NC(=O)CCNc1cc(N)cc(S(N)(=O)=O)c1. The van der Waals surface area contributed by atoms with Crippen LogP contribution in [0.4, 0.5) is 11.4 Å². The van der Waals surface area contributed by atoms with Gasteiger partial charge in [-0.2, -0.15) is 0 Å². The van der Waals surface area contributed by atoms with Crippen molar-refractivity contribution in [1.29, 1.82) is 0 Å². The van der Waals surface area contributed by atoms with E-state index in [0.717, 1.165) is 0 Å². The van der Waals surface area contributed by atoms with Crippen molar-refractivity contribution in [2.75, 3.05) is 17.6 Å². The van der Waals surface area contributed by atoms with Gasteiger partial charge in [-0.3, -0.25) is 4.79 Å². The molecule has 6 N–H and O–H groups in total. The molecule has 0 aromatic heterocycles. The highest BCUT2D eigenvalue weighted by molar-refractivity contribution is 7.89. The van der Waals surface area contributed by atoms with Crippen LogP contribution < -0.4 is 21.5 Å². The van der Waals surface area contributed by atoms with Crippen molar-refractivity contribution >= 4 is 27.3 Å². The second-order valence-corrected chi connectivity index (χ2v) is 7.37. The molecule has 1 amide bonds. The van der Waals surface area contributed by atoms with Gasteiger partial charge in [-0.1, -0.05) is 0 Å². The van der Waals surface area contributed by atoms with E-state index in [2.05, 4.69) is 10.6 Å². The molecule has 0 atom stereocenters. The van der Waals surface area contributed by atoms with Crippen LogP contribution in [-0.2, 0) is 14.8 Å². The molecule has 0 unspecified atom stereocenters. The second-order valence-electron chi connectivity index (χ2n) is 5.81. The van der Waals surface area contributed by atoms with Gasteiger partial charge < -0.3 is 16.4 Å². The summed E-state index contributed by atoms with van der Waals surface area (Å²) in [5, 5.41) is 10.9. The Balaban J connectivity index is 2.65. The lowest BCUT2D eigenvalue weighted by atomic mass is 10.1. The first-order valence-electron chi connectivity index (χ1n) is 6.46. The minimum absolute atomic E-state index is 0.0656. The monoisotopic (exact) mass is 314 g/mol. The van der Waals surface area contributed by atoms with Crippen molar-refractivity contribution in [3.63, 3.8) is 0 Å². The predicted molar refractivity (Wildman–Crippen MR) is 83.2 cm³/mol. The summed E-state index contributed by atoms with van der Waals surface area (Å²) in [6.45, 7) is 6.05. The van der Waals surface area contributed by atoms with Gasteiger partial charge in [0.2, 0.25) is 15.9 Å². The highest BCUT2D eigenvalue weighted by atomic mass is 32.2. The number of hydrogen-bond acceptors (Lipinski definition) is 5. The average Bonchev–Trinajstić information content (AvgIpc) is 2.24. The van der Waals surface area contributed by atoms with Crippen LogP contribution in [0.25, 0.3) is 0 Å². The normalized spacial score (nSPS) is 12.0. The molecule has 0 aliphatic rings. The highest BCUT2D eigenvalue weighted by Gasteiger charge is 2.13. The average molecular weight is 314 g/mol. The van der Waals surface area contributed by atoms with Crippen LogP contribution in [0.15, 0.2) is 23.1 Å². The number of primary sulfonamides is 1. The van der Waals surface area contributed by atoms with E-state index in [1.54, 1.807) is 6.07 Å². The molecule has 0 spiro atoms. The van der Waals surface area contributed by atoms with Crippen molar-refractivity contribution in [2.24, 2.45) is 5.14 Å². The lowest BCUT2D eigenvalue weighted by molar-refractivity contribution is -0.122. The summed E-state index contributed by atoms with van der Waals surface area (Å²) in [6, 6.07) is 4.25. The maximum atomic E-state index is 11.7. The number of amides is 1. The van der Waals surface area contributed by atoms with E-state index in [1.807, 2.05) is 20.8 Å². The van der Waals surface area contributed by atoms with Crippen LogP contribution in [0.3, 0.4) is 0 Å². The van der Waals surface area contributed by atoms with Gasteiger partial charge in [-0.05, 0) is 39.0 Å². The van der Waals surface area contributed by atoms with E-state index in [9.17, 15) is 13.2 Å². The van der Waals surface area contributed by atoms with Crippen molar-refractivity contribution in [1.82, 2.24) is 5.32 Å². The second kappa shape index (κ2) is 6.31. The minimum Gasteiger partial charge on any atom is -0.399 e. The van der Waals surface area contributed by atoms with Gasteiger partial charge in [0.05, 0.1) is 4.90 Å². The number of benzene rings is 1. The van der Waals surface area contributed by atoms with Gasteiger partial charge in [0.15, 0.2) is 0 Å². The van der Waals surface area contributed by atoms with Crippen LogP contribution in [0.2, 0.25) is 0 Å². The van der Waals surface area contributed by atoms with Crippen LogP contribution in [0.5, 0.6) is 0 Å². The molecule has 0 saturated carbocycles. The molecule has 0 aliphatic heterocycles. The zero-order valence-electron chi connectivity index (χ0n) is 12.4. The summed E-state index contributed by atoms with van der Waals surface area (Å²) >= 11 is 0. The fourth-order valence-electron chi connectivity index (χ4n) is 1.69. The van der Waals surface area contributed by atoms with Crippen LogP contribution in [-0.4, -0.2) is 26.4 Å². The molecular weight excluding hydrogens is 292 g/mol. The number of hydrogen-bond donors (Lipinski definition) is 4. The Morgan fingerprint density at radius 1 is 1.24 bits per heavy atom. The number of sulfonamides is 1. The van der Waals surface area contributed by atoms with Gasteiger partial charge in [0.25, 0.3) is 0 Å². The molecule has 1 rings (SSSR count). The Kier molecular flexibility index (Phi) is 5.19. The summed E-state index contributed by atoms with van der Waals surface area (Å²) < 4.78 is 22.6. The first-order chi connectivity index (χ1) is 9.47. The predicted octanol–water partition coefficient (Wildman–Crippen LogP) is 0.633. The number of carbonyl (C=O) groups is 1. The number of nitrogen functional groups attached to an aromatic ring is 1. The molecule has 0 saturated heterocycles. The number of nitrogens with one attached hydrogen (secondary N) is 2. The maximum Gasteiger partial charge on any atom is 0.238 e. The zero-order chi connectivity index (χ0) is 16.3. The van der Waals surface area contributed by atoms with Crippen molar-refractivity contribution in [3.8, 4) is 0 Å². The Hall–Kier alpha value is -1.80. The summed E-state index contributed by atoms with van der Waals surface area (Å²) in [5.74, 6) is -0.0921. The number of rotatable bonds is 5. The van der Waals surface area contributed by atoms with Gasteiger partial charge in [-0.25, -0.2) is 13.6 Å². The summed E-state index contributed by atoms with van der Waals surface area (Å²) in [5.41, 5.74) is 6.13. The zero-order valence-corrected chi connectivity index (χ0v) is 13.3. The first-order valence-corrected chi connectivity index (χ1v) is 8.00. The smallest absolute Gasteiger partial charge is 0.238 e. The molecule has 7 nitrogen and oxygen atoms in total. The van der Waals surface area contributed by atoms with Crippen molar-refractivity contribution < 1.29 is 13.2 Å². The Labute approximate surface area is 125 Å². The molecule has 0 heterocycles. The maximum absolute atomic E-state index is 11.7. The van der Waals surface area contributed by atoms with E-state index in [0.29, 0.717) is 12.2 Å². The largest absolute Gasteiger partial charge is 0.399 e. The van der Waals surface area contributed by atoms with Gasteiger partial charge >= 0.3 is 0 Å². The first kappa shape index (κ1) is 17.3. The van der Waals surface area contributed by atoms with Crippen molar-refractivity contribution in [3.05, 3.63) is 18.2 Å². The summed E-state index contributed by atoms with van der Waals surface area (Å²) in [4.78, 5) is 11.6. The molecule has 0 radical (unpaired) electrons. The Bertz CT molecular complexity index is 621. The van der Waals surface area contributed by atoms with Crippen LogP contribution in [0, 0.1) is 0 Å². The van der Waals surface area contributed by atoms with Gasteiger partial charge in [0, 0.05) is 29.9 Å². The van der Waals surface area contributed by atoms with E-state index < -0.39 is 10.0 Å². The molecule has 1 aromatic rings. The molecule has 8 heteroatoms. The molecular formula is C13H22N4O3S. The van der Waals surface area contributed by atoms with Crippen molar-refractivity contribution in [2.45, 2.75) is 37.6 Å². The lowest BCUT2D eigenvalue weighted by Crippen LogP contribution is -2.41. The molecule has 21 heavy (non-hydrogen) atoms. The topological polar surface area (TPSA) is 127 Å². The minimum atomic E-state index is -3.81. The highest BCUT2D eigenvalue weighted by Crippen LogP contribution is 2.19. The number of nitrogens with two attached hydrogens (primary N) is 2. The Morgan fingerprint density at radius 3 is 2.38 bits per heavy atom. The van der Waals surface area contributed by atoms with E-state index in [4.69, 9.17) is 10.9 Å². The number of anilines is 2. The molecule has 0 bridgehead atoms. The third-order valence-corrected chi connectivity index (χ3v) is 3.35. The van der Waals surface area contributed by atoms with Crippen LogP contribution >= 0.6 is 0 Å². The summed E-state index contributed by atoms with van der Waals surface area (Å²) in [7, 11) is -3.81. The fraction of sp³-hybridized carbons (Fsp3) is 0.462. The van der Waals surface area contributed by atoms with Gasteiger partial charge in [-0.15, -0.1) is 0 Å². The van der Waals surface area contributed by atoms with Crippen LogP contribution in [0.1, 0.15) is 27.2 Å². The molecule has 0 aliphatic carbocycles. The molecule has 1 aromatic carbocycles. The van der Waals surface area contributed by atoms with Gasteiger partial charge in [0.1, 0.15) is 0 Å². The van der Waals surface area contributed by atoms with E-state index >= 15 is 0 Å². The fourth-order valence-corrected chi connectivity index (χ4v) is 2.28.